The van der Waals surface area contributed by atoms with Gasteiger partial charge >= 0.3 is 0 Å². The number of ether oxygens (including phenoxy) is 1. The van der Waals surface area contributed by atoms with Crippen molar-refractivity contribution in [3.05, 3.63) is 23.5 Å². The standard InChI is InChI=1S/C10H13ClN2O3S/c11-10-2-1-9(6-12-10)17(14,15)13-5-8-3-4-16-7-8/h1-2,6,8,13H,3-5,7H2. The molecule has 1 unspecified atom stereocenters. The fourth-order valence-corrected chi connectivity index (χ4v) is 2.75. The van der Waals surface area contributed by atoms with E-state index in [9.17, 15) is 8.42 Å². The quantitative estimate of drug-likeness (QED) is 0.835. The Bertz CT molecular complexity index is 469. The van der Waals surface area contributed by atoms with Crippen molar-refractivity contribution in [3.63, 3.8) is 0 Å². The van der Waals surface area contributed by atoms with Crippen molar-refractivity contribution in [2.45, 2.75) is 11.3 Å². The van der Waals surface area contributed by atoms with Gasteiger partial charge in [0, 0.05) is 19.3 Å². The first-order chi connectivity index (χ1) is 8.08. The SMILES string of the molecule is O=S(=O)(NCC1CCOC1)c1ccc(Cl)nc1. The lowest BCUT2D eigenvalue weighted by Crippen LogP contribution is -2.29. The maximum Gasteiger partial charge on any atom is 0.242 e. The maximum atomic E-state index is 11.9. The van der Waals surface area contributed by atoms with Gasteiger partial charge in [0.25, 0.3) is 0 Å². The molecular formula is C10H13ClN2O3S. The minimum Gasteiger partial charge on any atom is -0.381 e. The van der Waals surface area contributed by atoms with Crippen LogP contribution in [0.4, 0.5) is 0 Å². The number of hydrogen-bond donors (Lipinski definition) is 1. The summed E-state index contributed by atoms with van der Waals surface area (Å²) in [5.41, 5.74) is 0. The molecule has 1 N–H and O–H groups in total. The van der Waals surface area contributed by atoms with Crippen LogP contribution in [0.15, 0.2) is 23.2 Å². The third-order valence-electron chi connectivity index (χ3n) is 2.60. The summed E-state index contributed by atoms with van der Waals surface area (Å²) in [5, 5.41) is 0.271. The van der Waals surface area contributed by atoms with Gasteiger partial charge in [0.15, 0.2) is 0 Å². The van der Waals surface area contributed by atoms with Gasteiger partial charge in [-0.2, -0.15) is 0 Å². The first kappa shape index (κ1) is 12.8. The highest BCUT2D eigenvalue weighted by Gasteiger charge is 2.20. The van der Waals surface area contributed by atoms with Crippen LogP contribution in [0.3, 0.4) is 0 Å². The van der Waals surface area contributed by atoms with Gasteiger partial charge in [-0.3, -0.25) is 0 Å². The molecule has 0 aliphatic carbocycles. The topological polar surface area (TPSA) is 68.3 Å². The van der Waals surface area contributed by atoms with Crippen molar-refractivity contribution in [3.8, 4) is 0 Å². The predicted octanol–water partition coefficient (Wildman–Crippen LogP) is 1.05. The first-order valence-corrected chi connectivity index (χ1v) is 7.13. The molecule has 17 heavy (non-hydrogen) atoms. The minimum atomic E-state index is -3.49. The lowest BCUT2D eigenvalue weighted by molar-refractivity contribution is 0.186. The second-order valence-corrected chi connectivity index (χ2v) is 6.05. The van der Waals surface area contributed by atoms with E-state index < -0.39 is 10.0 Å². The van der Waals surface area contributed by atoms with Crippen LogP contribution in [0, 0.1) is 5.92 Å². The smallest absolute Gasteiger partial charge is 0.242 e. The third-order valence-corrected chi connectivity index (χ3v) is 4.23. The Morgan fingerprint density at radius 3 is 2.94 bits per heavy atom. The van der Waals surface area contributed by atoms with Crippen LogP contribution in [0.2, 0.25) is 5.15 Å². The molecule has 1 fully saturated rings. The van der Waals surface area contributed by atoms with Crippen molar-refractivity contribution >= 4 is 21.6 Å². The molecule has 0 amide bonds. The highest BCUT2D eigenvalue weighted by atomic mass is 35.5. The Morgan fingerprint density at radius 1 is 1.53 bits per heavy atom. The normalized spacial score (nSPS) is 20.6. The molecule has 7 heteroatoms. The van der Waals surface area contributed by atoms with Crippen LogP contribution in [0.1, 0.15) is 6.42 Å². The lowest BCUT2D eigenvalue weighted by atomic mass is 10.1. The number of rotatable bonds is 4. The third kappa shape index (κ3) is 3.38. The molecule has 1 aromatic rings. The predicted molar refractivity (Wildman–Crippen MR) is 63.4 cm³/mol. The summed E-state index contributed by atoms with van der Waals surface area (Å²) in [6, 6.07) is 2.89. The molecular weight excluding hydrogens is 264 g/mol. The molecule has 1 aliphatic heterocycles. The molecule has 1 aliphatic rings. The Hall–Kier alpha value is -0.690. The second kappa shape index (κ2) is 5.30. The van der Waals surface area contributed by atoms with Crippen LogP contribution in [-0.2, 0) is 14.8 Å². The van der Waals surface area contributed by atoms with Crippen LogP contribution >= 0.6 is 11.6 Å². The molecule has 1 saturated heterocycles. The molecule has 2 heterocycles. The molecule has 0 aromatic carbocycles. The van der Waals surface area contributed by atoms with E-state index in [4.69, 9.17) is 16.3 Å². The van der Waals surface area contributed by atoms with E-state index in [0.717, 1.165) is 6.42 Å². The van der Waals surface area contributed by atoms with E-state index in [-0.39, 0.29) is 16.0 Å². The molecule has 0 bridgehead atoms. The van der Waals surface area contributed by atoms with Gasteiger partial charge in [-0.05, 0) is 24.5 Å². The molecule has 94 valence electrons. The Kier molecular flexibility index (Phi) is 3.98. The first-order valence-electron chi connectivity index (χ1n) is 5.27. The number of hydrogen-bond acceptors (Lipinski definition) is 4. The van der Waals surface area contributed by atoms with Gasteiger partial charge in [0.05, 0.1) is 6.61 Å². The van der Waals surface area contributed by atoms with E-state index in [1.54, 1.807) is 0 Å². The Balaban J connectivity index is 2.00. The molecule has 2 rings (SSSR count). The lowest BCUT2D eigenvalue weighted by Gasteiger charge is -2.09. The molecule has 0 saturated carbocycles. The summed E-state index contributed by atoms with van der Waals surface area (Å²) >= 11 is 5.60. The van der Waals surface area contributed by atoms with Crippen LogP contribution in [0.25, 0.3) is 0 Å². The summed E-state index contributed by atoms with van der Waals surface area (Å²) in [7, 11) is -3.49. The van der Waals surface area contributed by atoms with Crippen molar-refractivity contribution in [2.24, 2.45) is 5.92 Å². The Morgan fingerprint density at radius 2 is 2.35 bits per heavy atom. The average Bonchev–Trinajstić information content (AvgIpc) is 2.80. The van der Waals surface area contributed by atoms with Crippen molar-refractivity contribution < 1.29 is 13.2 Å². The van der Waals surface area contributed by atoms with E-state index in [1.165, 1.54) is 18.3 Å². The van der Waals surface area contributed by atoms with E-state index in [0.29, 0.717) is 19.8 Å². The molecule has 1 aromatic heterocycles. The molecule has 0 radical (unpaired) electrons. The van der Waals surface area contributed by atoms with Gasteiger partial charge in [0.2, 0.25) is 10.0 Å². The van der Waals surface area contributed by atoms with E-state index in [1.807, 2.05) is 0 Å². The summed E-state index contributed by atoms with van der Waals surface area (Å²) in [4.78, 5) is 3.87. The highest BCUT2D eigenvalue weighted by molar-refractivity contribution is 7.89. The van der Waals surface area contributed by atoms with Crippen molar-refractivity contribution in [1.29, 1.82) is 0 Å². The number of nitrogens with zero attached hydrogens (tertiary/aromatic N) is 1. The number of nitrogens with one attached hydrogen (secondary N) is 1. The van der Waals surface area contributed by atoms with Gasteiger partial charge in [-0.15, -0.1) is 0 Å². The summed E-state index contributed by atoms with van der Waals surface area (Å²) in [6.07, 6.45) is 2.14. The summed E-state index contributed by atoms with van der Waals surface area (Å²) in [5.74, 6) is 0.255. The number of halogens is 1. The zero-order valence-electron chi connectivity index (χ0n) is 9.10. The summed E-state index contributed by atoms with van der Waals surface area (Å²) < 4.78 is 31.5. The fourth-order valence-electron chi connectivity index (χ4n) is 1.58. The van der Waals surface area contributed by atoms with Gasteiger partial charge in [0.1, 0.15) is 10.0 Å². The average molecular weight is 277 g/mol. The van der Waals surface area contributed by atoms with Gasteiger partial charge in [-0.1, -0.05) is 11.6 Å². The van der Waals surface area contributed by atoms with Crippen LogP contribution in [0.5, 0.6) is 0 Å². The number of aromatic nitrogens is 1. The molecule has 5 nitrogen and oxygen atoms in total. The highest BCUT2D eigenvalue weighted by Crippen LogP contribution is 2.14. The largest absolute Gasteiger partial charge is 0.381 e. The van der Waals surface area contributed by atoms with Crippen LogP contribution < -0.4 is 4.72 Å². The zero-order valence-corrected chi connectivity index (χ0v) is 10.7. The summed E-state index contributed by atoms with van der Waals surface area (Å²) in [6.45, 7) is 1.71. The fraction of sp³-hybridized carbons (Fsp3) is 0.500. The van der Waals surface area contributed by atoms with Gasteiger partial charge in [-0.25, -0.2) is 18.1 Å². The number of pyridine rings is 1. The van der Waals surface area contributed by atoms with Gasteiger partial charge < -0.3 is 4.74 Å². The monoisotopic (exact) mass is 276 g/mol. The molecule has 1 atom stereocenters. The molecule has 0 spiro atoms. The van der Waals surface area contributed by atoms with E-state index >= 15 is 0 Å². The van der Waals surface area contributed by atoms with Crippen LogP contribution in [-0.4, -0.2) is 33.2 Å². The minimum absolute atomic E-state index is 0.126. The van der Waals surface area contributed by atoms with Crippen molar-refractivity contribution in [1.82, 2.24) is 9.71 Å². The van der Waals surface area contributed by atoms with E-state index in [2.05, 4.69) is 9.71 Å². The zero-order chi connectivity index (χ0) is 12.3. The van der Waals surface area contributed by atoms with Crippen molar-refractivity contribution in [2.75, 3.05) is 19.8 Å². The maximum absolute atomic E-state index is 11.9. The number of sulfonamides is 1. The second-order valence-electron chi connectivity index (χ2n) is 3.90. The Labute approximate surface area is 105 Å².